The van der Waals surface area contributed by atoms with Crippen LogP contribution in [0.25, 0.3) is 0 Å². The molecule has 1 fully saturated rings. The van der Waals surface area contributed by atoms with Crippen molar-refractivity contribution in [2.45, 2.75) is 76.8 Å². The van der Waals surface area contributed by atoms with E-state index in [0.29, 0.717) is 19.5 Å². The topological polar surface area (TPSA) is 102 Å². The summed E-state index contributed by atoms with van der Waals surface area (Å²) < 4.78 is 35.0. The monoisotopic (exact) mass is 468 g/mol. The van der Waals surface area contributed by atoms with Gasteiger partial charge in [0.2, 0.25) is 5.91 Å². The number of benzene rings is 1. The van der Waals surface area contributed by atoms with Crippen molar-refractivity contribution in [3.8, 4) is 0 Å². The van der Waals surface area contributed by atoms with Gasteiger partial charge in [-0.05, 0) is 78.9 Å². The lowest BCUT2D eigenvalue weighted by atomic mass is 9.92. The lowest BCUT2D eigenvalue weighted by Crippen LogP contribution is -2.57. The van der Waals surface area contributed by atoms with Crippen LogP contribution in [-0.2, 0) is 23.8 Å². The number of piperidine rings is 1. The van der Waals surface area contributed by atoms with Crippen molar-refractivity contribution in [2.75, 3.05) is 19.7 Å². The smallest absolute Gasteiger partial charge is 0.408 e. The van der Waals surface area contributed by atoms with Crippen LogP contribution in [-0.4, -0.2) is 56.2 Å². The fourth-order valence-corrected chi connectivity index (χ4v) is 4.45. The average Bonchev–Trinajstić information content (AvgIpc) is 2.66. The molecule has 1 aromatic rings. The first-order chi connectivity index (χ1) is 14.7. The number of likely N-dealkylation sites (tertiary alicyclic amines) is 1. The van der Waals surface area contributed by atoms with Gasteiger partial charge in [-0.1, -0.05) is 17.7 Å². The molecule has 1 N–H and O–H groups in total. The standard InChI is InChI=1S/C23H36N2O6S/c1-17-7-9-19(10-8-17)32(28,29)30-16-13-18-11-14-25(15-12-18)20(26)23(5,6)24-21(27)31-22(2,3)4/h7-10,18H,11-16H2,1-6H3,(H,24,27). The zero-order valence-electron chi connectivity index (χ0n) is 19.9. The Bertz CT molecular complexity index is 895. The Balaban J connectivity index is 1.79. The first-order valence-corrected chi connectivity index (χ1v) is 12.4. The molecule has 1 saturated heterocycles. The molecule has 32 heavy (non-hydrogen) atoms. The summed E-state index contributed by atoms with van der Waals surface area (Å²) in [7, 11) is -3.76. The summed E-state index contributed by atoms with van der Waals surface area (Å²) in [6, 6.07) is 6.56. The molecule has 0 bridgehead atoms. The third kappa shape index (κ3) is 7.78. The fraction of sp³-hybridized carbons (Fsp3) is 0.652. The second kappa shape index (κ2) is 10.2. The van der Waals surface area contributed by atoms with Gasteiger partial charge in [-0.15, -0.1) is 0 Å². The number of nitrogens with one attached hydrogen (secondary N) is 1. The molecule has 9 heteroatoms. The van der Waals surface area contributed by atoms with E-state index < -0.39 is 27.4 Å². The summed E-state index contributed by atoms with van der Waals surface area (Å²) in [5.41, 5.74) is -0.744. The first kappa shape index (κ1) is 26.1. The van der Waals surface area contributed by atoms with Gasteiger partial charge in [0.15, 0.2) is 0 Å². The van der Waals surface area contributed by atoms with Gasteiger partial charge in [0, 0.05) is 13.1 Å². The quantitative estimate of drug-likeness (QED) is 0.613. The molecule has 0 aromatic heterocycles. The van der Waals surface area contributed by atoms with E-state index in [0.717, 1.165) is 18.4 Å². The van der Waals surface area contributed by atoms with Gasteiger partial charge in [-0.25, -0.2) is 4.79 Å². The maximum absolute atomic E-state index is 12.9. The number of aryl methyl sites for hydroxylation is 1. The number of alkyl carbamates (subject to hydrolysis) is 1. The predicted octanol–water partition coefficient (Wildman–Crippen LogP) is 3.63. The zero-order valence-corrected chi connectivity index (χ0v) is 20.8. The second-order valence-electron chi connectivity index (χ2n) is 9.87. The summed E-state index contributed by atoms with van der Waals surface area (Å²) in [5.74, 6) is 0.106. The molecule has 1 aliphatic rings. The molecule has 2 rings (SSSR count). The van der Waals surface area contributed by atoms with Crippen molar-refractivity contribution in [3.05, 3.63) is 29.8 Å². The summed E-state index contributed by atoms with van der Waals surface area (Å²) in [4.78, 5) is 26.9. The van der Waals surface area contributed by atoms with Crippen molar-refractivity contribution < 1.29 is 26.9 Å². The van der Waals surface area contributed by atoms with Gasteiger partial charge in [-0.2, -0.15) is 8.42 Å². The van der Waals surface area contributed by atoms with Gasteiger partial charge in [0.05, 0.1) is 11.5 Å². The van der Waals surface area contributed by atoms with E-state index >= 15 is 0 Å². The van der Waals surface area contributed by atoms with E-state index in [4.69, 9.17) is 8.92 Å². The Kier molecular flexibility index (Phi) is 8.33. The molecule has 0 unspecified atom stereocenters. The maximum Gasteiger partial charge on any atom is 0.408 e. The van der Waals surface area contributed by atoms with Crippen molar-refractivity contribution in [3.63, 3.8) is 0 Å². The molecule has 0 aliphatic carbocycles. The molecule has 2 amide bonds. The van der Waals surface area contributed by atoms with Crippen LogP contribution in [0.5, 0.6) is 0 Å². The van der Waals surface area contributed by atoms with Crippen LogP contribution in [0.3, 0.4) is 0 Å². The minimum Gasteiger partial charge on any atom is -0.444 e. The van der Waals surface area contributed by atoms with Crippen LogP contribution in [0.2, 0.25) is 0 Å². The molecule has 0 atom stereocenters. The summed E-state index contributed by atoms with van der Waals surface area (Å²) >= 11 is 0. The number of ether oxygens (including phenoxy) is 1. The second-order valence-corrected chi connectivity index (χ2v) is 11.5. The number of nitrogens with zero attached hydrogens (tertiary/aromatic N) is 1. The maximum atomic E-state index is 12.9. The molecule has 180 valence electrons. The molecule has 1 aromatic carbocycles. The summed E-state index contributed by atoms with van der Waals surface area (Å²) in [6.45, 7) is 11.7. The van der Waals surface area contributed by atoms with Crippen LogP contribution in [0.15, 0.2) is 29.2 Å². The van der Waals surface area contributed by atoms with Gasteiger partial charge in [0.25, 0.3) is 10.1 Å². The van der Waals surface area contributed by atoms with E-state index in [-0.39, 0.29) is 23.3 Å². The summed E-state index contributed by atoms with van der Waals surface area (Å²) in [5, 5.41) is 2.65. The zero-order chi connectivity index (χ0) is 24.2. The Labute approximate surface area is 191 Å². The third-order valence-corrected chi connectivity index (χ3v) is 6.65. The molecular formula is C23H36N2O6S. The van der Waals surface area contributed by atoms with Crippen LogP contribution in [0.4, 0.5) is 4.79 Å². The molecule has 0 radical (unpaired) electrons. The SMILES string of the molecule is Cc1ccc(S(=O)(=O)OCCC2CCN(C(=O)C(C)(C)NC(=O)OC(C)(C)C)CC2)cc1. The van der Waals surface area contributed by atoms with Crippen LogP contribution >= 0.6 is 0 Å². The normalized spacial score (nSPS) is 16.0. The number of hydrogen-bond acceptors (Lipinski definition) is 6. The van der Waals surface area contributed by atoms with Crippen molar-refractivity contribution >= 4 is 22.1 Å². The Morgan fingerprint density at radius 2 is 1.62 bits per heavy atom. The number of carbonyl (C=O) groups excluding carboxylic acids is 2. The summed E-state index contributed by atoms with van der Waals surface area (Å²) in [6.07, 6.45) is 1.48. The van der Waals surface area contributed by atoms with Gasteiger partial charge in [0.1, 0.15) is 11.1 Å². The Morgan fingerprint density at radius 3 is 2.16 bits per heavy atom. The highest BCUT2D eigenvalue weighted by Crippen LogP contribution is 2.24. The minimum atomic E-state index is -3.76. The fourth-order valence-electron chi connectivity index (χ4n) is 3.53. The molecule has 0 saturated carbocycles. The number of carbonyl (C=O) groups is 2. The average molecular weight is 469 g/mol. The number of hydrogen-bond donors (Lipinski definition) is 1. The molecule has 0 spiro atoms. The van der Waals surface area contributed by atoms with E-state index in [1.54, 1.807) is 63.8 Å². The Morgan fingerprint density at radius 1 is 1.06 bits per heavy atom. The third-order valence-electron chi connectivity index (χ3n) is 5.32. The van der Waals surface area contributed by atoms with Crippen molar-refractivity contribution in [1.82, 2.24) is 10.2 Å². The van der Waals surface area contributed by atoms with Gasteiger partial charge >= 0.3 is 6.09 Å². The minimum absolute atomic E-state index is 0.112. The van der Waals surface area contributed by atoms with Crippen molar-refractivity contribution in [2.24, 2.45) is 5.92 Å². The van der Waals surface area contributed by atoms with Crippen LogP contribution in [0.1, 0.15) is 59.4 Å². The molecule has 8 nitrogen and oxygen atoms in total. The van der Waals surface area contributed by atoms with E-state index in [1.165, 1.54) is 0 Å². The number of amides is 2. The lowest BCUT2D eigenvalue weighted by Gasteiger charge is -2.37. The van der Waals surface area contributed by atoms with Crippen LogP contribution in [0, 0.1) is 12.8 Å². The highest BCUT2D eigenvalue weighted by molar-refractivity contribution is 7.86. The first-order valence-electron chi connectivity index (χ1n) is 11.0. The number of rotatable bonds is 7. The molecular weight excluding hydrogens is 432 g/mol. The van der Waals surface area contributed by atoms with Gasteiger partial charge < -0.3 is 15.0 Å². The molecule has 1 heterocycles. The van der Waals surface area contributed by atoms with Crippen LogP contribution < -0.4 is 5.32 Å². The molecule has 1 aliphatic heterocycles. The highest BCUT2D eigenvalue weighted by Gasteiger charge is 2.36. The predicted molar refractivity (Wildman–Crippen MR) is 122 cm³/mol. The van der Waals surface area contributed by atoms with Crippen molar-refractivity contribution in [1.29, 1.82) is 0 Å². The largest absolute Gasteiger partial charge is 0.444 e. The van der Waals surface area contributed by atoms with E-state index in [2.05, 4.69) is 5.32 Å². The highest BCUT2D eigenvalue weighted by atomic mass is 32.2. The Hall–Kier alpha value is -2.13. The lowest BCUT2D eigenvalue weighted by molar-refractivity contribution is -0.138. The van der Waals surface area contributed by atoms with E-state index in [9.17, 15) is 18.0 Å². The van der Waals surface area contributed by atoms with Gasteiger partial charge in [-0.3, -0.25) is 8.98 Å². The van der Waals surface area contributed by atoms with E-state index in [1.807, 2.05) is 6.92 Å².